The minimum atomic E-state index is -0.380. The summed E-state index contributed by atoms with van der Waals surface area (Å²) in [5.41, 5.74) is 0.975. The van der Waals surface area contributed by atoms with Crippen molar-refractivity contribution >= 4 is 23.2 Å². The monoisotopic (exact) mass is 249 g/mol. The van der Waals surface area contributed by atoms with Crippen molar-refractivity contribution in [2.75, 3.05) is 5.88 Å². The Morgan fingerprint density at radius 2 is 2.20 bits per heavy atom. The molecule has 0 aliphatic heterocycles. The first kappa shape index (κ1) is 12.8. The summed E-state index contributed by atoms with van der Waals surface area (Å²) in [6.07, 6.45) is 0.913. The molecule has 1 aromatic carbocycles. The van der Waals surface area contributed by atoms with Gasteiger partial charge in [0.05, 0.1) is 5.02 Å². The van der Waals surface area contributed by atoms with Gasteiger partial charge in [0, 0.05) is 18.5 Å². The Kier molecular flexibility index (Phi) is 5.37. The van der Waals surface area contributed by atoms with E-state index < -0.39 is 0 Å². The highest BCUT2D eigenvalue weighted by atomic mass is 35.5. The molecule has 1 N–H and O–H groups in total. The number of rotatable bonds is 5. The van der Waals surface area contributed by atoms with Crippen LogP contribution in [0.15, 0.2) is 18.2 Å². The van der Waals surface area contributed by atoms with Crippen molar-refractivity contribution in [3.8, 4) is 0 Å². The fourth-order valence-electron chi connectivity index (χ4n) is 1.21. The Hall–Kier alpha value is -0.310. The van der Waals surface area contributed by atoms with E-state index in [4.69, 9.17) is 23.2 Å². The van der Waals surface area contributed by atoms with Gasteiger partial charge < -0.3 is 5.32 Å². The molecule has 0 aromatic heterocycles. The largest absolute Gasteiger partial charge is 0.310 e. The zero-order valence-corrected chi connectivity index (χ0v) is 10.1. The molecule has 0 amide bonds. The fraction of sp³-hybridized carbons (Fsp3) is 0.455. The number of nitrogens with one attached hydrogen (secondary N) is 1. The van der Waals surface area contributed by atoms with Gasteiger partial charge in [-0.3, -0.25) is 0 Å². The average molecular weight is 250 g/mol. The van der Waals surface area contributed by atoms with Crippen LogP contribution in [0.25, 0.3) is 0 Å². The first-order valence-electron chi connectivity index (χ1n) is 4.86. The molecule has 0 aliphatic rings. The van der Waals surface area contributed by atoms with Gasteiger partial charge in [-0.15, -0.1) is 11.6 Å². The Bertz CT molecular complexity index is 317. The van der Waals surface area contributed by atoms with E-state index in [1.54, 1.807) is 12.1 Å². The highest BCUT2D eigenvalue weighted by Crippen LogP contribution is 2.15. The molecule has 1 aromatic rings. The molecule has 15 heavy (non-hydrogen) atoms. The maximum absolute atomic E-state index is 12.8. The molecule has 0 radical (unpaired) electrons. The minimum Gasteiger partial charge on any atom is -0.310 e. The van der Waals surface area contributed by atoms with E-state index in [0.717, 1.165) is 12.0 Å². The minimum absolute atomic E-state index is 0.166. The summed E-state index contributed by atoms with van der Waals surface area (Å²) in [7, 11) is 0. The van der Waals surface area contributed by atoms with Gasteiger partial charge in [-0.1, -0.05) is 17.7 Å². The van der Waals surface area contributed by atoms with Crippen LogP contribution in [0.5, 0.6) is 0 Å². The summed E-state index contributed by atoms with van der Waals surface area (Å²) in [4.78, 5) is 0. The van der Waals surface area contributed by atoms with Gasteiger partial charge in [-0.25, -0.2) is 4.39 Å². The highest BCUT2D eigenvalue weighted by molar-refractivity contribution is 6.30. The van der Waals surface area contributed by atoms with Crippen LogP contribution in [0, 0.1) is 5.82 Å². The summed E-state index contributed by atoms with van der Waals surface area (Å²) in [5, 5.41) is 3.45. The topological polar surface area (TPSA) is 12.0 Å². The van der Waals surface area contributed by atoms with E-state index in [2.05, 4.69) is 12.2 Å². The fourth-order valence-corrected chi connectivity index (χ4v) is 1.74. The lowest BCUT2D eigenvalue weighted by Gasteiger charge is -2.12. The number of hydrogen-bond acceptors (Lipinski definition) is 1. The third kappa shape index (κ3) is 4.37. The van der Waals surface area contributed by atoms with Crippen molar-refractivity contribution in [2.24, 2.45) is 0 Å². The molecule has 1 unspecified atom stereocenters. The van der Waals surface area contributed by atoms with Crippen LogP contribution >= 0.6 is 23.2 Å². The first-order valence-corrected chi connectivity index (χ1v) is 5.78. The molecule has 0 aliphatic carbocycles. The van der Waals surface area contributed by atoms with Crippen LogP contribution in [0.4, 0.5) is 4.39 Å². The van der Waals surface area contributed by atoms with E-state index in [9.17, 15) is 4.39 Å². The van der Waals surface area contributed by atoms with Crippen molar-refractivity contribution < 1.29 is 4.39 Å². The number of alkyl halides is 1. The van der Waals surface area contributed by atoms with E-state index in [0.29, 0.717) is 18.5 Å². The smallest absolute Gasteiger partial charge is 0.141 e. The number of benzene rings is 1. The van der Waals surface area contributed by atoms with Crippen LogP contribution in [0.2, 0.25) is 5.02 Å². The van der Waals surface area contributed by atoms with Gasteiger partial charge in [0.15, 0.2) is 0 Å². The lowest BCUT2D eigenvalue weighted by molar-refractivity contribution is 0.535. The molecule has 0 saturated carbocycles. The second-order valence-electron chi connectivity index (χ2n) is 3.51. The van der Waals surface area contributed by atoms with Gasteiger partial charge in [0.25, 0.3) is 0 Å². The second-order valence-corrected chi connectivity index (χ2v) is 4.29. The maximum Gasteiger partial charge on any atom is 0.141 e. The normalized spacial score (nSPS) is 12.8. The number of halogens is 3. The van der Waals surface area contributed by atoms with Crippen molar-refractivity contribution in [1.82, 2.24) is 5.32 Å². The second kappa shape index (κ2) is 6.31. The molecule has 1 nitrogen and oxygen atoms in total. The standard InChI is InChI=1S/C11H14Cl2FN/c1-8(4-5-12)15-7-9-2-3-11(14)10(13)6-9/h2-3,6,8,15H,4-5,7H2,1H3. The molecule has 0 spiro atoms. The Morgan fingerprint density at radius 1 is 1.47 bits per heavy atom. The van der Waals surface area contributed by atoms with Crippen molar-refractivity contribution in [2.45, 2.75) is 25.9 Å². The van der Waals surface area contributed by atoms with E-state index in [1.165, 1.54) is 6.07 Å². The molecule has 0 saturated heterocycles. The lowest BCUT2D eigenvalue weighted by atomic mass is 10.2. The molecule has 1 rings (SSSR count). The molecule has 0 heterocycles. The first-order chi connectivity index (χ1) is 7.13. The van der Waals surface area contributed by atoms with Gasteiger partial charge in [-0.2, -0.15) is 0 Å². The third-order valence-electron chi connectivity index (χ3n) is 2.18. The van der Waals surface area contributed by atoms with Gasteiger partial charge in [0.2, 0.25) is 0 Å². The Morgan fingerprint density at radius 3 is 2.80 bits per heavy atom. The summed E-state index contributed by atoms with van der Waals surface area (Å²) >= 11 is 11.3. The average Bonchev–Trinajstić information content (AvgIpc) is 2.20. The lowest BCUT2D eigenvalue weighted by Crippen LogP contribution is -2.25. The molecular weight excluding hydrogens is 236 g/mol. The molecule has 1 atom stereocenters. The number of hydrogen-bond donors (Lipinski definition) is 1. The molecule has 84 valence electrons. The summed E-state index contributed by atoms with van der Waals surface area (Å²) in [6.45, 7) is 2.74. The van der Waals surface area contributed by atoms with Crippen molar-refractivity contribution in [3.63, 3.8) is 0 Å². The Balaban J connectivity index is 2.47. The zero-order valence-electron chi connectivity index (χ0n) is 8.56. The molecule has 0 fully saturated rings. The van der Waals surface area contributed by atoms with Gasteiger partial charge in [0.1, 0.15) is 5.82 Å². The van der Waals surface area contributed by atoms with Crippen LogP contribution in [0.3, 0.4) is 0 Å². The summed E-state index contributed by atoms with van der Waals surface area (Å²) < 4.78 is 12.8. The summed E-state index contributed by atoms with van der Waals surface area (Å²) in [6, 6.07) is 5.09. The SMILES string of the molecule is CC(CCCl)NCc1ccc(F)c(Cl)c1. The van der Waals surface area contributed by atoms with E-state index in [-0.39, 0.29) is 10.8 Å². The van der Waals surface area contributed by atoms with E-state index in [1.807, 2.05) is 0 Å². The van der Waals surface area contributed by atoms with Gasteiger partial charge >= 0.3 is 0 Å². The maximum atomic E-state index is 12.8. The predicted octanol–water partition coefficient (Wildman–Crippen LogP) is 3.59. The highest BCUT2D eigenvalue weighted by Gasteiger charge is 2.03. The quantitative estimate of drug-likeness (QED) is 0.787. The van der Waals surface area contributed by atoms with E-state index >= 15 is 0 Å². The molecule has 4 heteroatoms. The van der Waals surface area contributed by atoms with Crippen molar-refractivity contribution in [3.05, 3.63) is 34.6 Å². The Labute approximate surface area is 99.6 Å². The van der Waals surface area contributed by atoms with Crippen LogP contribution in [0.1, 0.15) is 18.9 Å². The zero-order chi connectivity index (χ0) is 11.3. The van der Waals surface area contributed by atoms with Gasteiger partial charge in [-0.05, 0) is 31.0 Å². The van der Waals surface area contributed by atoms with Crippen LogP contribution in [-0.4, -0.2) is 11.9 Å². The van der Waals surface area contributed by atoms with Crippen LogP contribution in [-0.2, 0) is 6.54 Å². The molecular formula is C11H14Cl2FN. The summed E-state index contributed by atoms with van der Waals surface area (Å²) in [5.74, 6) is 0.257. The van der Waals surface area contributed by atoms with Crippen LogP contribution < -0.4 is 5.32 Å². The van der Waals surface area contributed by atoms with Crippen molar-refractivity contribution in [1.29, 1.82) is 0 Å². The molecule has 0 bridgehead atoms. The predicted molar refractivity (Wildman–Crippen MR) is 63.0 cm³/mol. The third-order valence-corrected chi connectivity index (χ3v) is 2.69.